The second-order valence-electron chi connectivity index (χ2n) is 12.8. The van der Waals surface area contributed by atoms with Crippen LogP contribution in [0.2, 0.25) is 5.02 Å². The number of hydrogen-bond acceptors (Lipinski definition) is 10. The van der Waals surface area contributed by atoms with Crippen LogP contribution < -0.4 is 9.64 Å². The van der Waals surface area contributed by atoms with Gasteiger partial charge in [0.05, 0.1) is 28.6 Å². The molecule has 282 valence electrons. The number of aliphatic hydroxyl groups is 1. The maximum absolute atomic E-state index is 14.5. The third-order valence-corrected chi connectivity index (χ3v) is 10.1. The Bertz CT molecular complexity index is 1480. The van der Waals surface area contributed by atoms with Gasteiger partial charge in [0.25, 0.3) is 11.8 Å². The van der Waals surface area contributed by atoms with Crippen molar-refractivity contribution in [2.75, 3.05) is 30.5 Å². The number of imide groups is 1. The quantitative estimate of drug-likeness (QED) is 0.0545. The summed E-state index contributed by atoms with van der Waals surface area (Å²) >= 11 is 7.92. The number of esters is 1. The zero-order chi connectivity index (χ0) is 37.5. The number of oxime groups is 1. The number of benzene rings is 1. The van der Waals surface area contributed by atoms with Gasteiger partial charge in [0.15, 0.2) is 12.4 Å². The summed E-state index contributed by atoms with van der Waals surface area (Å²) in [5, 5.41) is 14.9. The number of thioether (sulfide) groups is 1. The van der Waals surface area contributed by atoms with Crippen LogP contribution in [0.4, 0.5) is 10.1 Å². The van der Waals surface area contributed by atoms with E-state index in [1.54, 1.807) is 0 Å². The molecule has 10 nitrogen and oxygen atoms in total. The molecule has 2 amide bonds. The van der Waals surface area contributed by atoms with Gasteiger partial charge in [-0.3, -0.25) is 14.4 Å². The molecule has 0 fully saturated rings. The van der Waals surface area contributed by atoms with Gasteiger partial charge < -0.3 is 19.4 Å². The molecule has 0 spiro atoms. The average Bonchev–Trinajstić information content (AvgIpc) is 3.34. The van der Waals surface area contributed by atoms with Crippen LogP contribution in [-0.2, 0) is 28.8 Å². The average molecular weight is 751 g/mol. The van der Waals surface area contributed by atoms with Crippen LogP contribution in [0.15, 0.2) is 39.8 Å². The van der Waals surface area contributed by atoms with Crippen molar-refractivity contribution in [1.82, 2.24) is 0 Å². The number of carbonyl (C=O) groups excluding carboxylic acids is 4. The number of ketones is 1. The normalized spacial score (nSPS) is 18.4. The van der Waals surface area contributed by atoms with E-state index in [1.165, 1.54) is 6.07 Å². The van der Waals surface area contributed by atoms with Gasteiger partial charge >= 0.3 is 5.97 Å². The number of aliphatic hydroxyl groups excluding tert-OH is 1. The highest BCUT2D eigenvalue weighted by atomic mass is 35.5. The third-order valence-electron chi connectivity index (χ3n) is 8.71. The number of unbranched alkanes of at least 4 members (excludes halogenated alkanes) is 2. The number of ether oxygens (including phenoxy) is 2. The Labute approximate surface area is 310 Å². The summed E-state index contributed by atoms with van der Waals surface area (Å²) in [5.41, 5.74) is 1.68. The van der Waals surface area contributed by atoms with Gasteiger partial charge in [0, 0.05) is 35.3 Å². The van der Waals surface area contributed by atoms with E-state index in [0.29, 0.717) is 73.0 Å². The van der Waals surface area contributed by atoms with Crippen molar-refractivity contribution < 1.29 is 43.0 Å². The zero-order valence-electron chi connectivity index (χ0n) is 30.5. The fraction of sp³-hybridized carbons (Fsp3) is 0.605. The lowest BCUT2D eigenvalue weighted by Gasteiger charge is -2.25. The van der Waals surface area contributed by atoms with Gasteiger partial charge in [0.2, 0.25) is 0 Å². The van der Waals surface area contributed by atoms with Gasteiger partial charge in [-0.15, -0.1) is 0 Å². The van der Waals surface area contributed by atoms with E-state index in [4.69, 9.17) is 25.9 Å². The van der Waals surface area contributed by atoms with Gasteiger partial charge in [0.1, 0.15) is 23.9 Å². The van der Waals surface area contributed by atoms with Gasteiger partial charge in [-0.2, -0.15) is 11.8 Å². The fourth-order valence-electron chi connectivity index (χ4n) is 6.36. The number of Topliss-reactive ketones (excluding diaryl/α,β-unsaturated/α-hetero) is 1. The lowest BCUT2D eigenvalue weighted by Crippen LogP contribution is -2.32. The lowest BCUT2D eigenvalue weighted by molar-refractivity contribution is -0.146. The number of halogens is 2. The summed E-state index contributed by atoms with van der Waals surface area (Å²) in [5.74, 6) is -0.884. The van der Waals surface area contributed by atoms with Crippen LogP contribution in [0, 0.1) is 11.7 Å². The molecule has 1 aromatic rings. The van der Waals surface area contributed by atoms with E-state index in [0.717, 1.165) is 61.7 Å². The Hall–Kier alpha value is -3.38. The molecule has 1 heterocycles. The van der Waals surface area contributed by atoms with Crippen molar-refractivity contribution in [2.45, 2.75) is 117 Å². The minimum Gasteiger partial charge on any atom is -0.511 e. The molecule has 3 aliphatic rings. The molecule has 2 aliphatic carbocycles. The van der Waals surface area contributed by atoms with Gasteiger partial charge in [-0.05, 0) is 69.6 Å². The summed E-state index contributed by atoms with van der Waals surface area (Å²) in [6.45, 7) is 10.6. The van der Waals surface area contributed by atoms with Crippen LogP contribution in [0.25, 0.3) is 0 Å². The smallest absolute Gasteiger partial charge is 0.344 e. The maximum atomic E-state index is 14.5. The molecule has 0 bridgehead atoms. The Balaban J connectivity index is 0.000000287. The molecule has 1 aromatic carbocycles. The molecule has 2 unspecified atom stereocenters. The van der Waals surface area contributed by atoms with Crippen LogP contribution in [-0.4, -0.2) is 65.2 Å². The first-order valence-corrected chi connectivity index (χ1v) is 19.5. The number of hydrogen-bond donors (Lipinski definition) is 1. The summed E-state index contributed by atoms with van der Waals surface area (Å²) in [6.07, 6.45) is 8.96. The van der Waals surface area contributed by atoms with Crippen LogP contribution >= 0.6 is 23.4 Å². The van der Waals surface area contributed by atoms with E-state index >= 15 is 0 Å². The maximum Gasteiger partial charge on any atom is 0.344 e. The minimum atomic E-state index is -0.814. The second kappa shape index (κ2) is 21.2. The highest BCUT2D eigenvalue weighted by Gasteiger charge is 2.41. The van der Waals surface area contributed by atoms with Gasteiger partial charge in [-0.1, -0.05) is 63.7 Å². The Kier molecular flexibility index (Phi) is 17.5. The molecular formula is C38H52ClFN2O8S. The highest BCUT2D eigenvalue weighted by Crippen LogP contribution is 2.39. The largest absolute Gasteiger partial charge is 0.511 e. The molecule has 0 saturated heterocycles. The van der Waals surface area contributed by atoms with E-state index < -0.39 is 30.2 Å². The summed E-state index contributed by atoms with van der Waals surface area (Å²) < 4.78 is 25.0. The van der Waals surface area contributed by atoms with Gasteiger partial charge in [-0.25, -0.2) is 14.1 Å². The molecule has 0 radical (unpaired) electrons. The van der Waals surface area contributed by atoms with E-state index in [2.05, 4.69) is 19.0 Å². The predicted molar refractivity (Wildman–Crippen MR) is 199 cm³/mol. The zero-order valence-corrected chi connectivity index (χ0v) is 32.1. The van der Waals surface area contributed by atoms with Crippen molar-refractivity contribution >= 4 is 58.3 Å². The van der Waals surface area contributed by atoms with E-state index in [9.17, 15) is 28.7 Å². The van der Waals surface area contributed by atoms with Crippen molar-refractivity contribution in [3.8, 4) is 5.75 Å². The number of anilines is 1. The number of nitrogens with zero attached hydrogens (tertiary/aromatic N) is 2. The lowest BCUT2D eigenvalue weighted by atomic mass is 9.82. The topological polar surface area (TPSA) is 132 Å². The van der Waals surface area contributed by atoms with Crippen molar-refractivity contribution in [1.29, 1.82) is 0 Å². The monoisotopic (exact) mass is 750 g/mol. The molecule has 1 N–H and O–H groups in total. The molecule has 4 rings (SSSR count). The Morgan fingerprint density at radius 1 is 1.06 bits per heavy atom. The molecule has 13 heteroatoms. The molecule has 1 aliphatic heterocycles. The Morgan fingerprint density at radius 3 is 2.33 bits per heavy atom. The molecule has 2 atom stereocenters. The minimum absolute atomic E-state index is 0.000883. The summed E-state index contributed by atoms with van der Waals surface area (Å²) in [7, 11) is 0. The predicted octanol–water partition coefficient (Wildman–Crippen LogP) is 8.84. The molecule has 0 aromatic heterocycles. The molecular weight excluding hydrogens is 699 g/mol. The highest BCUT2D eigenvalue weighted by molar-refractivity contribution is 7.99. The standard InChI is InChI=1S/C21H23ClFNO5.C17H29NO3S/c1-2-3-6-9-28-19(25)12-29-18-11-17(16(23)10-15(18)22)24-20(26)13-7-4-5-8-14(13)21(24)27;1-5-8-14(18-21-6-2)17-15(19)10-13(11-16(17)20)9-12(4)22-7-3/h10-11H,2-9,12H2,1H3;12-13,19H,5-11H2,1-4H3/b;18-14+. The first-order chi connectivity index (χ1) is 24.5. The van der Waals surface area contributed by atoms with Crippen LogP contribution in [0.3, 0.4) is 0 Å². The third kappa shape index (κ3) is 11.8. The first kappa shape index (κ1) is 42.0. The number of carbonyl (C=O) groups is 4. The van der Waals surface area contributed by atoms with Crippen molar-refractivity contribution in [3.05, 3.63) is 45.5 Å². The number of allylic oxidation sites excluding steroid dienone is 2. The van der Waals surface area contributed by atoms with Crippen LogP contribution in [0.1, 0.15) is 112 Å². The van der Waals surface area contributed by atoms with E-state index in [1.807, 2.05) is 32.5 Å². The first-order valence-electron chi connectivity index (χ1n) is 18.1. The molecule has 51 heavy (non-hydrogen) atoms. The van der Waals surface area contributed by atoms with Crippen molar-refractivity contribution in [2.24, 2.45) is 11.1 Å². The number of rotatable bonds is 17. The van der Waals surface area contributed by atoms with Crippen molar-refractivity contribution in [3.63, 3.8) is 0 Å². The fourth-order valence-corrected chi connectivity index (χ4v) is 7.54. The van der Waals surface area contributed by atoms with E-state index in [-0.39, 0.29) is 33.9 Å². The Morgan fingerprint density at radius 2 is 1.75 bits per heavy atom. The SMILES string of the molecule is CCC/C(=N\OCC)C1=C(O)CC(CC(C)SCC)CC1=O.CCCCCOC(=O)COc1cc(N2C(=O)C3=C(CCCC3)C2=O)c(F)cc1Cl. The summed E-state index contributed by atoms with van der Waals surface area (Å²) in [4.78, 5) is 55.5. The summed E-state index contributed by atoms with van der Waals surface area (Å²) in [6, 6.07) is 2.15. The van der Waals surface area contributed by atoms with Crippen LogP contribution in [0.5, 0.6) is 5.75 Å². The second-order valence-corrected chi connectivity index (χ2v) is 14.9. The number of amides is 2. The molecule has 0 saturated carbocycles.